The smallest absolute Gasteiger partial charge is 0.349 e. The average Bonchev–Trinajstić information content (AvgIpc) is 3.80. The monoisotopic (exact) mass is 621 g/mol. The van der Waals surface area contributed by atoms with Crippen LogP contribution in [-0.4, -0.2) is 68.5 Å². The van der Waals surface area contributed by atoms with Gasteiger partial charge in [-0.15, -0.1) is 0 Å². The number of halogens is 3. The topological polar surface area (TPSA) is 98.4 Å². The molecule has 12 heteroatoms. The van der Waals surface area contributed by atoms with Gasteiger partial charge in [0.15, 0.2) is 5.82 Å². The van der Waals surface area contributed by atoms with E-state index in [-0.39, 0.29) is 23.7 Å². The molecule has 3 fully saturated rings. The fourth-order valence-electron chi connectivity index (χ4n) is 7.11. The van der Waals surface area contributed by atoms with Gasteiger partial charge in [-0.1, -0.05) is 26.0 Å². The number of likely N-dealkylation sites (tertiary alicyclic amines) is 1. The number of benzene rings is 1. The number of fused-ring (bicyclic) bond motifs is 1. The van der Waals surface area contributed by atoms with E-state index in [4.69, 9.17) is 0 Å². The van der Waals surface area contributed by atoms with Crippen LogP contribution in [0.15, 0.2) is 41.2 Å². The fraction of sp³-hybridized carbons (Fsp3) is 0.545. The molecular formula is C33H38F3N7O2. The molecule has 1 aromatic carbocycles. The van der Waals surface area contributed by atoms with Gasteiger partial charge in [0.25, 0.3) is 0 Å². The summed E-state index contributed by atoms with van der Waals surface area (Å²) in [4.78, 5) is 42.4. The molecule has 0 N–H and O–H groups in total. The first-order chi connectivity index (χ1) is 21.5. The molecule has 2 aliphatic heterocycles. The van der Waals surface area contributed by atoms with Gasteiger partial charge in [0.2, 0.25) is 5.91 Å². The van der Waals surface area contributed by atoms with Crippen molar-refractivity contribution in [3.63, 3.8) is 0 Å². The van der Waals surface area contributed by atoms with Crippen molar-refractivity contribution < 1.29 is 18.0 Å². The summed E-state index contributed by atoms with van der Waals surface area (Å²) < 4.78 is 41.9. The van der Waals surface area contributed by atoms with Crippen LogP contribution in [0.25, 0.3) is 11.0 Å². The van der Waals surface area contributed by atoms with E-state index in [1.54, 1.807) is 19.2 Å². The summed E-state index contributed by atoms with van der Waals surface area (Å²) in [5.74, 6) is 0.322. The molecule has 1 spiro atoms. The summed E-state index contributed by atoms with van der Waals surface area (Å²) in [5.41, 5.74) is 0.951. The van der Waals surface area contributed by atoms with Crippen molar-refractivity contribution in [2.45, 2.75) is 76.7 Å². The van der Waals surface area contributed by atoms with E-state index in [0.29, 0.717) is 66.9 Å². The first-order valence-corrected chi connectivity index (χ1v) is 15.7. The Balaban J connectivity index is 1.38. The Hall–Kier alpha value is -3.98. The molecule has 238 valence electrons. The fourth-order valence-corrected chi connectivity index (χ4v) is 7.11. The van der Waals surface area contributed by atoms with Gasteiger partial charge in [-0.25, -0.2) is 9.78 Å². The molecule has 45 heavy (non-hydrogen) atoms. The Labute approximate surface area is 260 Å². The second-order valence-electron chi connectivity index (χ2n) is 12.8. The number of nitriles is 1. The van der Waals surface area contributed by atoms with Gasteiger partial charge in [-0.2, -0.15) is 23.4 Å². The third-order valence-corrected chi connectivity index (χ3v) is 10.2. The van der Waals surface area contributed by atoms with E-state index in [9.17, 15) is 28.0 Å². The molecule has 3 aromatic rings. The molecule has 1 saturated carbocycles. The number of piperazine rings is 1. The molecule has 1 aliphatic carbocycles. The number of carbonyl (C=O) groups is 1. The number of nitrogens with zero attached hydrogens (tertiary/aromatic N) is 7. The third kappa shape index (κ3) is 5.78. The van der Waals surface area contributed by atoms with E-state index < -0.39 is 23.5 Å². The van der Waals surface area contributed by atoms with Crippen LogP contribution in [0.3, 0.4) is 0 Å². The standard InChI is InChI=1S/C33H38F3N7O2/c1-4-24-20-43(29-27-26(40(3)31(45)39-29)11-10-23(18-37)38-27)25(5-2)19-42(24)28(21-6-8-22(9-7-21)33(34,35)36)30(44)41-16-14-32(12-13-32)15-17-41/h6-11,24-25,28H,4-5,12-17,19-20H2,1-3H3/t24-,25+,28?/m1/s1. The van der Waals surface area contributed by atoms with Crippen LogP contribution >= 0.6 is 0 Å². The van der Waals surface area contributed by atoms with Gasteiger partial charge in [0.1, 0.15) is 23.3 Å². The zero-order chi connectivity index (χ0) is 32.1. The lowest BCUT2D eigenvalue weighted by atomic mass is 9.91. The lowest BCUT2D eigenvalue weighted by molar-refractivity contribution is -0.140. The molecule has 2 aromatic heterocycles. The predicted octanol–water partition coefficient (Wildman–Crippen LogP) is 5.04. The highest BCUT2D eigenvalue weighted by Crippen LogP contribution is 2.54. The number of anilines is 1. The van der Waals surface area contributed by atoms with Gasteiger partial charge in [-0.05, 0) is 73.8 Å². The third-order valence-electron chi connectivity index (χ3n) is 10.2. The van der Waals surface area contributed by atoms with Crippen LogP contribution in [0.2, 0.25) is 0 Å². The Morgan fingerprint density at radius 3 is 2.24 bits per heavy atom. The Morgan fingerprint density at radius 2 is 1.67 bits per heavy atom. The minimum absolute atomic E-state index is 0.0792. The van der Waals surface area contributed by atoms with Crippen LogP contribution in [-0.2, 0) is 18.0 Å². The summed E-state index contributed by atoms with van der Waals surface area (Å²) in [6.45, 7) is 6.21. The maximum atomic E-state index is 14.4. The van der Waals surface area contributed by atoms with E-state index in [1.165, 1.54) is 29.5 Å². The molecule has 9 nitrogen and oxygen atoms in total. The second-order valence-corrected chi connectivity index (χ2v) is 12.8. The summed E-state index contributed by atoms with van der Waals surface area (Å²) >= 11 is 0. The normalized spacial score (nSPS) is 22.4. The zero-order valence-electron chi connectivity index (χ0n) is 25.8. The number of piperidine rings is 1. The second kappa shape index (κ2) is 11.7. The number of carbonyl (C=O) groups excluding carboxylic acids is 1. The number of pyridine rings is 1. The van der Waals surface area contributed by atoms with E-state index >= 15 is 0 Å². The van der Waals surface area contributed by atoms with Gasteiger partial charge in [0.05, 0.1) is 11.1 Å². The largest absolute Gasteiger partial charge is 0.416 e. The lowest BCUT2D eigenvalue weighted by Gasteiger charge is -2.50. The highest BCUT2D eigenvalue weighted by Gasteiger charge is 2.47. The van der Waals surface area contributed by atoms with Gasteiger partial charge < -0.3 is 9.80 Å². The van der Waals surface area contributed by atoms with Crippen LogP contribution in [0, 0.1) is 16.7 Å². The first kappa shape index (κ1) is 31.0. The minimum Gasteiger partial charge on any atom is -0.349 e. The molecule has 4 heterocycles. The lowest BCUT2D eigenvalue weighted by Crippen LogP contribution is -2.61. The average molecular weight is 622 g/mol. The number of amides is 1. The van der Waals surface area contributed by atoms with Gasteiger partial charge >= 0.3 is 11.9 Å². The van der Waals surface area contributed by atoms with E-state index in [2.05, 4.69) is 25.8 Å². The van der Waals surface area contributed by atoms with Crippen LogP contribution < -0.4 is 10.6 Å². The number of alkyl halides is 3. The molecule has 3 atom stereocenters. The number of aromatic nitrogens is 3. The van der Waals surface area contributed by atoms with Crippen molar-refractivity contribution in [3.05, 3.63) is 63.7 Å². The summed E-state index contributed by atoms with van der Waals surface area (Å²) in [7, 11) is 1.62. The molecule has 0 radical (unpaired) electrons. The van der Waals surface area contributed by atoms with Gasteiger partial charge in [0, 0.05) is 45.3 Å². The van der Waals surface area contributed by atoms with Crippen LogP contribution in [0.1, 0.15) is 75.2 Å². The summed E-state index contributed by atoms with van der Waals surface area (Å²) in [6, 6.07) is 9.25. The highest BCUT2D eigenvalue weighted by atomic mass is 19.4. The zero-order valence-corrected chi connectivity index (χ0v) is 25.8. The van der Waals surface area contributed by atoms with Gasteiger partial charge in [-0.3, -0.25) is 14.3 Å². The molecule has 6 rings (SSSR count). The summed E-state index contributed by atoms with van der Waals surface area (Å²) in [6.07, 6.45) is 1.15. The number of hydrogen-bond donors (Lipinski definition) is 0. The van der Waals surface area contributed by atoms with E-state index in [0.717, 1.165) is 25.0 Å². The van der Waals surface area contributed by atoms with Crippen molar-refractivity contribution in [2.75, 3.05) is 31.1 Å². The minimum atomic E-state index is -4.48. The first-order valence-electron chi connectivity index (χ1n) is 15.7. The molecule has 1 amide bonds. The summed E-state index contributed by atoms with van der Waals surface area (Å²) in [5, 5.41) is 9.54. The predicted molar refractivity (Wildman–Crippen MR) is 163 cm³/mol. The maximum Gasteiger partial charge on any atom is 0.416 e. The van der Waals surface area contributed by atoms with Crippen LogP contribution in [0.4, 0.5) is 19.0 Å². The quantitative estimate of drug-likeness (QED) is 0.380. The van der Waals surface area contributed by atoms with Crippen molar-refractivity contribution >= 4 is 22.8 Å². The Morgan fingerprint density at radius 1 is 1.00 bits per heavy atom. The number of hydrogen-bond acceptors (Lipinski definition) is 7. The Bertz CT molecular complexity index is 1680. The molecular weight excluding hydrogens is 583 g/mol. The van der Waals surface area contributed by atoms with Crippen LogP contribution in [0.5, 0.6) is 0 Å². The van der Waals surface area contributed by atoms with E-state index in [1.807, 2.05) is 18.7 Å². The Kier molecular flexibility index (Phi) is 8.10. The number of aryl methyl sites for hydroxylation is 1. The molecule has 1 unspecified atom stereocenters. The van der Waals surface area contributed by atoms with Crippen molar-refractivity contribution in [1.82, 2.24) is 24.3 Å². The highest BCUT2D eigenvalue weighted by molar-refractivity contribution is 5.87. The molecule has 2 saturated heterocycles. The van der Waals surface area contributed by atoms with Crippen molar-refractivity contribution in [1.29, 1.82) is 5.26 Å². The SMILES string of the molecule is CC[C@H]1CN(C(C(=O)N2CCC3(CC2)CC3)c2ccc(C(F)(F)F)cc2)[C@H](CC)CN1c1nc(=O)n(C)c2ccc(C#N)nc12. The number of rotatable bonds is 6. The van der Waals surface area contributed by atoms with Crippen molar-refractivity contribution in [3.8, 4) is 6.07 Å². The maximum absolute atomic E-state index is 14.4. The van der Waals surface area contributed by atoms with Crippen molar-refractivity contribution in [2.24, 2.45) is 12.5 Å². The molecule has 0 bridgehead atoms. The molecule has 3 aliphatic rings.